The van der Waals surface area contributed by atoms with Crippen molar-refractivity contribution in [2.45, 2.75) is 50.8 Å². The summed E-state index contributed by atoms with van der Waals surface area (Å²) >= 11 is 1.43. The molecule has 6 aromatic rings. The van der Waals surface area contributed by atoms with Gasteiger partial charge in [-0.3, -0.25) is 14.8 Å². The van der Waals surface area contributed by atoms with Crippen LogP contribution in [0.1, 0.15) is 58.3 Å². The van der Waals surface area contributed by atoms with Crippen LogP contribution in [0.25, 0.3) is 21.3 Å². The average molecular weight is 721 g/mol. The van der Waals surface area contributed by atoms with Crippen LogP contribution in [0.2, 0.25) is 0 Å². The average Bonchev–Trinajstić information content (AvgIpc) is 3.73. The van der Waals surface area contributed by atoms with Gasteiger partial charge in [-0.1, -0.05) is 47.7 Å². The lowest BCUT2D eigenvalue weighted by molar-refractivity contribution is 0.00637. The highest BCUT2D eigenvalue weighted by Crippen LogP contribution is 2.32. The number of amides is 1. The maximum atomic E-state index is 13.7. The van der Waals surface area contributed by atoms with Crippen molar-refractivity contribution in [1.82, 2.24) is 19.7 Å². The van der Waals surface area contributed by atoms with Crippen LogP contribution in [-0.2, 0) is 34.1 Å². The Morgan fingerprint density at radius 1 is 0.980 bits per heavy atom. The van der Waals surface area contributed by atoms with Crippen LogP contribution in [0.4, 0.5) is 10.9 Å². The molecule has 7 rings (SSSR count). The lowest BCUT2D eigenvalue weighted by Crippen LogP contribution is -2.33. The molecule has 1 aliphatic rings. The number of carbonyl (C=O) groups excluding carboxylic acids is 2. The zero-order valence-electron chi connectivity index (χ0n) is 28.6. The molecule has 0 atom stereocenters. The normalized spacial score (nSPS) is 13.2. The molecule has 260 valence electrons. The Labute approximate surface area is 299 Å². The largest absolute Gasteiger partial charge is 0.455 e. The van der Waals surface area contributed by atoms with E-state index >= 15 is 0 Å². The lowest BCUT2D eigenvalue weighted by atomic mass is 9.94. The minimum absolute atomic E-state index is 0.147. The highest BCUT2D eigenvalue weighted by molar-refractivity contribution is 7.90. The summed E-state index contributed by atoms with van der Waals surface area (Å²) < 4.78 is 32.6. The summed E-state index contributed by atoms with van der Waals surface area (Å²) in [5, 5.41) is 8.02. The van der Waals surface area contributed by atoms with Gasteiger partial charge in [-0.15, -0.1) is 0 Å². The number of ether oxygens (including phenoxy) is 1. The SMILES string of the molecule is CC(C)(C)OC(=O)c1nc(N2CCc3cccc(C(=O)Nc4nc5ccccc5s4)c3C2)ccc1-c1cnn(Cc2cccc(S(C)(=O)=O)c2)c1. The van der Waals surface area contributed by atoms with E-state index in [0.29, 0.717) is 53.7 Å². The molecule has 0 spiro atoms. The standard InChI is InChI=1S/C38H36N6O5S2/c1-38(2,3)49-36(46)34-28(26-20-39-44(22-26)21-24-9-7-11-27(19-24)51(4,47)48)15-16-33(41-34)43-18-17-25-10-8-12-29(30(25)23-43)35(45)42-37-40-31-13-5-6-14-32(31)50-37/h5-16,19-20,22H,17-18,21,23H2,1-4H3,(H,40,42,45). The number of pyridine rings is 1. The van der Waals surface area contributed by atoms with Crippen molar-refractivity contribution < 1.29 is 22.7 Å². The molecule has 0 aliphatic carbocycles. The van der Waals surface area contributed by atoms with Crippen molar-refractivity contribution in [2.24, 2.45) is 0 Å². The van der Waals surface area contributed by atoms with Gasteiger partial charge in [0.2, 0.25) is 0 Å². The fraction of sp³-hybridized carbons (Fsp3) is 0.237. The first-order valence-electron chi connectivity index (χ1n) is 16.4. The Morgan fingerprint density at radius 3 is 2.57 bits per heavy atom. The number of fused-ring (bicyclic) bond motifs is 2. The van der Waals surface area contributed by atoms with Crippen LogP contribution in [0.3, 0.4) is 0 Å². The molecule has 1 amide bonds. The van der Waals surface area contributed by atoms with Gasteiger partial charge in [0.25, 0.3) is 5.91 Å². The lowest BCUT2D eigenvalue weighted by Gasteiger charge is -2.31. The topological polar surface area (TPSA) is 136 Å². The van der Waals surface area contributed by atoms with Crippen LogP contribution in [-0.4, -0.2) is 58.4 Å². The molecule has 3 aromatic heterocycles. The molecule has 0 unspecified atom stereocenters. The van der Waals surface area contributed by atoms with Crippen molar-refractivity contribution in [2.75, 3.05) is 23.0 Å². The van der Waals surface area contributed by atoms with E-state index in [-0.39, 0.29) is 16.5 Å². The fourth-order valence-electron chi connectivity index (χ4n) is 6.07. The van der Waals surface area contributed by atoms with Gasteiger partial charge in [-0.05, 0) is 86.3 Å². The van der Waals surface area contributed by atoms with Crippen molar-refractivity contribution in [3.63, 3.8) is 0 Å². The van der Waals surface area contributed by atoms with E-state index in [9.17, 15) is 18.0 Å². The van der Waals surface area contributed by atoms with E-state index in [1.54, 1.807) is 56.0 Å². The van der Waals surface area contributed by atoms with Gasteiger partial charge in [0.15, 0.2) is 20.7 Å². The molecular formula is C38H36N6O5S2. The minimum atomic E-state index is -3.36. The summed E-state index contributed by atoms with van der Waals surface area (Å²) in [6.45, 7) is 6.81. The van der Waals surface area contributed by atoms with E-state index in [0.717, 1.165) is 26.9 Å². The molecule has 1 aliphatic heterocycles. The highest BCUT2D eigenvalue weighted by atomic mass is 32.2. The maximum Gasteiger partial charge on any atom is 0.358 e. The smallest absolute Gasteiger partial charge is 0.358 e. The third-order valence-corrected chi connectivity index (χ3v) is 10.5. The van der Waals surface area contributed by atoms with E-state index < -0.39 is 21.4 Å². The Kier molecular flexibility index (Phi) is 8.94. The van der Waals surface area contributed by atoms with Gasteiger partial charge >= 0.3 is 5.97 Å². The molecule has 3 aromatic carbocycles. The summed E-state index contributed by atoms with van der Waals surface area (Å²) in [7, 11) is -3.36. The number of rotatable bonds is 8. The second-order valence-electron chi connectivity index (χ2n) is 13.5. The number of aromatic nitrogens is 4. The molecule has 0 saturated carbocycles. The first-order chi connectivity index (χ1) is 24.3. The molecule has 1 N–H and O–H groups in total. The van der Waals surface area contributed by atoms with Gasteiger partial charge < -0.3 is 9.64 Å². The van der Waals surface area contributed by atoms with Crippen LogP contribution >= 0.6 is 11.3 Å². The molecule has 13 heteroatoms. The van der Waals surface area contributed by atoms with Gasteiger partial charge in [-0.25, -0.2) is 23.2 Å². The minimum Gasteiger partial charge on any atom is -0.455 e. The monoisotopic (exact) mass is 720 g/mol. The van der Waals surface area contributed by atoms with Crippen molar-refractivity contribution in [3.05, 3.63) is 119 Å². The van der Waals surface area contributed by atoms with Gasteiger partial charge in [0, 0.05) is 42.2 Å². The number of hydrogen-bond acceptors (Lipinski definition) is 10. The molecule has 4 heterocycles. The molecule has 0 saturated heterocycles. The van der Waals surface area contributed by atoms with Gasteiger partial charge in [0.05, 0.1) is 27.9 Å². The number of para-hydroxylation sites is 1. The number of hydrogen-bond donors (Lipinski definition) is 1. The van der Waals surface area contributed by atoms with Crippen molar-refractivity contribution >= 4 is 54.2 Å². The third kappa shape index (κ3) is 7.54. The van der Waals surface area contributed by atoms with E-state index in [4.69, 9.17) is 9.72 Å². The zero-order chi connectivity index (χ0) is 35.9. The van der Waals surface area contributed by atoms with Crippen LogP contribution in [0.5, 0.6) is 0 Å². The van der Waals surface area contributed by atoms with Gasteiger partial charge in [-0.2, -0.15) is 5.10 Å². The summed E-state index contributed by atoms with van der Waals surface area (Å²) in [5.41, 5.74) is 4.76. The molecule has 11 nitrogen and oxygen atoms in total. The van der Waals surface area contributed by atoms with Crippen molar-refractivity contribution in [1.29, 1.82) is 0 Å². The first-order valence-corrected chi connectivity index (χ1v) is 19.1. The third-order valence-electron chi connectivity index (χ3n) is 8.44. The summed E-state index contributed by atoms with van der Waals surface area (Å²) in [5.74, 6) is -0.219. The predicted octanol–water partition coefficient (Wildman–Crippen LogP) is 6.78. The van der Waals surface area contributed by atoms with Crippen LogP contribution in [0, 0.1) is 0 Å². The number of thiazole rings is 1. The van der Waals surface area contributed by atoms with E-state index in [1.807, 2.05) is 60.7 Å². The Morgan fingerprint density at radius 2 is 1.78 bits per heavy atom. The Balaban J connectivity index is 1.17. The summed E-state index contributed by atoms with van der Waals surface area (Å²) in [6.07, 6.45) is 5.32. The Bertz CT molecular complexity index is 2380. The molecular weight excluding hydrogens is 685 g/mol. The quantitative estimate of drug-likeness (QED) is 0.169. The van der Waals surface area contributed by atoms with E-state index in [2.05, 4.69) is 20.3 Å². The number of carbonyl (C=O) groups is 2. The summed E-state index contributed by atoms with van der Waals surface area (Å²) in [4.78, 5) is 39.0. The zero-order valence-corrected chi connectivity index (χ0v) is 30.2. The first kappa shape index (κ1) is 34.1. The molecule has 0 bridgehead atoms. The molecule has 0 radical (unpaired) electrons. The van der Waals surface area contributed by atoms with Crippen LogP contribution < -0.4 is 10.2 Å². The maximum absolute atomic E-state index is 13.7. The molecule has 51 heavy (non-hydrogen) atoms. The highest BCUT2D eigenvalue weighted by Gasteiger charge is 2.27. The number of sulfone groups is 1. The van der Waals surface area contributed by atoms with E-state index in [1.165, 1.54) is 17.6 Å². The summed E-state index contributed by atoms with van der Waals surface area (Å²) in [6, 6.07) is 24.0. The number of nitrogens with zero attached hydrogens (tertiary/aromatic N) is 5. The van der Waals surface area contributed by atoms with Crippen molar-refractivity contribution in [3.8, 4) is 11.1 Å². The Hall–Kier alpha value is -5.40. The predicted molar refractivity (Wildman–Crippen MR) is 198 cm³/mol. The number of benzene rings is 3. The van der Waals surface area contributed by atoms with Crippen LogP contribution in [0.15, 0.2) is 96.2 Å². The number of nitrogens with one attached hydrogen (secondary N) is 1. The fourth-order valence-corrected chi connectivity index (χ4v) is 7.62. The number of anilines is 2. The number of esters is 1. The second-order valence-corrected chi connectivity index (χ2v) is 16.5. The second kappa shape index (κ2) is 13.4. The van der Waals surface area contributed by atoms with Gasteiger partial charge in [0.1, 0.15) is 11.4 Å². The molecule has 0 fully saturated rings.